The maximum absolute atomic E-state index is 13.2. The van der Waals surface area contributed by atoms with Gasteiger partial charge in [0.15, 0.2) is 11.5 Å². The van der Waals surface area contributed by atoms with Crippen molar-refractivity contribution >= 4 is 11.6 Å². The van der Waals surface area contributed by atoms with Gasteiger partial charge >= 0.3 is 6.29 Å². The van der Waals surface area contributed by atoms with Crippen LogP contribution in [0, 0.1) is 11.7 Å². The number of rotatable bonds is 4. The molecule has 1 aliphatic heterocycles. The molecule has 0 bridgehead atoms. The van der Waals surface area contributed by atoms with Crippen molar-refractivity contribution in [1.82, 2.24) is 0 Å². The second-order valence-electron chi connectivity index (χ2n) is 7.35. The number of halogens is 3. The maximum atomic E-state index is 13.2. The predicted octanol–water partition coefficient (Wildman–Crippen LogP) is 5.45. The Morgan fingerprint density at radius 2 is 1.68 bits per heavy atom. The van der Waals surface area contributed by atoms with Gasteiger partial charge in [-0.3, -0.25) is 4.79 Å². The van der Waals surface area contributed by atoms with Gasteiger partial charge in [0.05, 0.1) is 0 Å². The van der Waals surface area contributed by atoms with Crippen molar-refractivity contribution in [3.63, 3.8) is 0 Å². The molecule has 2 aliphatic rings. The highest BCUT2D eigenvalue weighted by atomic mass is 19.3. The molecule has 4 nitrogen and oxygen atoms in total. The normalized spacial score (nSPS) is 22.7. The third kappa shape index (κ3) is 4.24. The van der Waals surface area contributed by atoms with Crippen LogP contribution in [0.5, 0.6) is 11.5 Å². The molecule has 7 heteroatoms. The highest BCUT2D eigenvalue weighted by Crippen LogP contribution is 2.44. The third-order valence-corrected chi connectivity index (χ3v) is 5.35. The van der Waals surface area contributed by atoms with E-state index < -0.39 is 6.29 Å². The first-order chi connectivity index (χ1) is 13.4. The van der Waals surface area contributed by atoms with Crippen molar-refractivity contribution in [3.05, 3.63) is 53.8 Å². The number of alkyl halides is 2. The topological polar surface area (TPSA) is 47.6 Å². The number of nitrogens with one attached hydrogen (secondary N) is 1. The zero-order chi connectivity index (χ0) is 19.7. The van der Waals surface area contributed by atoms with Crippen LogP contribution < -0.4 is 14.8 Å². The second kappa shape index (κ2) is 7.37. The molecule has 0 saturated heterocycles. The summed E-state index contributed by atoms with van der Waals surface area (Å²) < 4.78 is 48.2. The van der Waals surface area contributed by atoms with E-state index in [1.807, 2.05) is 0 Å². The molecular weight excluding hydrogens is 371 g/mol. The number of benzene rings is 2. The van der Waals surface area contributed by atoms with Gasteiger partial charge in [-0.15, -0.1) is 8.78 Å². The molecule has 2 aromatic carbocycles. The van der Waals surface area contributed by atoms with E-state index in [2.05, 4.69) is 14.8 Å². The molecule has 1 N–H and O–H groups in total. The summed E-state index contributed by atoms with van der Waals surface area (Å²) in [5.41, 5.74) is 1.53. The first-order valence-electron chi connectivity index (χ1n) is 9.33. The van der Waals surface area contributed by atoms with Gasteiger partial charge in [0.25, 0.3) is 0 Å². The predicted molar refractivity (Wildman–Crippen MR) is 97.0 cm³/mol. The molecule has 1 saturated carbocycles. The van der Waals surface area contributed by atoms with Gasteiger partial charge in [-0.1, -0.05) is 6.07 Å². The average molecular weight is 391 g/mol. The molecule has 28 heavy (non-hydrogen) atoms. The number of hydrogen-bond donors (Lipinski definition) is 1. The Labute approximate surface area is 160 Å². The van der Waals surface area contributed by atoms with Crippen molar-refractivity contribution in [2.45, 2.75) is 44.3 Å². The quantitative estimate of drug-likeness (QED) is 0.754. The molecule has 0 radical (unpaired) electrons. The lowest BCUT2D eigenvalue weighted by Crippen LogP contribution is -2.25. The number of carbonyl (C=O) groups excluding carboxylic acids is 1. The van der Waals surface area contributed by atoms with Crippen LogP contribution >= 0.6 is 0 Å². The minimum atomic E-state index is -3.60. The largest absolute Gasteiger partial charge is 0.586 e. The van der Waals surface area contributed by atoms with E-state index in [1.54, 1.807) is 12.1 Å². The van der Waals surface area contributed by atoms with Crippen LogP contribution in [0.1, 0.15) is 43.6 Å². The third-order valence-electron chi connectivity index (χ3n) is 5.35. The van der Waals surface area contributed by atoms with Crippen LogP contribution in [-0.4, -0.2) is 12.2 Å². The lowest BCUT2D eigenvalue weighted by molar-refractivity contribution is -0.286. The molecule has 2 aromatic rings. The van der Waals surface area contributed by atoms with Crippen molar-refractivity contribution in [3.8, 4) is 11.5 Å². The Balaban J connectivity index is 1.29. The van der Waals surface area contributed by atoms with E-state index in [1.165, 1.54) is 30.3 Å². The van der Waals surface area contributed by atoms with E-state index in [-0.39, 0.29) is 35.1 Å². The van der Waals surface area contributed by atoms with Gasteiger partial charge in [-0.25, -0.2) is 4.39 Å². The molecule has 1 heterocycles. The summed E-state index contributed by atoms with van der Waals surface area (Å²) in [4.78, 5) is 12.2. The molecule has 0 atom stereocenters. The van der Waals surface area contributed by atoms with Gasteiger partial charge in [-0.05, 0) is 79.5 Å². The van der Waals surface area contributed by atoms with Crippen molar-refractivity contribution in [2.75, 3.05) is 5.32 Å². The Bertz CT molecular complexity index is 862. The van der Waals surface area contributed by atoms with E-state index in [9.17, 15) is 18.0 Å². The van der Waals surface area contributed by atoms with E-state index in [4.69, 9.17) is 0 Å². The minimum absolute atomic E-state index is 0.0555. The lowest BCUT2D eigenvalue weighted by atomic mass is 9.77. The highest BCUT2D eigenvalue weighted by Gasteiger charge is 2.43. The van der Waals surface area contributed by atoms with E-state index in [0.29, 0.717) is 12.1 Å². The number of anilines is 1. The number of amides is 1. The second-order valence-corrected chi connectivity index (χ2v) is 7.35. The van der Waals surface area contributed by atoms with Gasteiger partial charge in [0.2, 0.25) is 5.91 Å². The summed E-state index contributed by atoms with van der Waals surface area (Å²) in [6.07, 6.45) is 0.335. The van der Waals surface area contributed by atoms with E-state index >= 15 is 0 Å². The molecule has 1 amide bonds. The van der Waals surface area contributed by atoms with Crippen molar-refractivity contribution in [1.29, 1.82) is 0 Å². The number of fused-ring (bicyclic) bond motifs is 1. The fourth-order valence-electron chi connectivity index (χ4n) is 3.93. The molecule has 1 fully saturated rings. The zero-order valence-electron chi connectivity index (χ0n) is 15.1. The van der Waals surface area contributed by atoms with Crippen LogP contribution in [0.25, 0.3) is 0 Å². The molecule has 0 spiro atoms. The summed E-state index contributed by atoms with van der Waals surface area (Å²) in [5.74, 6) is 0.224. The Kier molecular flexibility index (Phi) is 4.91. The Hall–Kier alpha value is -2.70. The molecular formula is C21H20F3NO3. The Morgan fingerprint density at radius 1 is 1.00 bits per heavy atom. The zero-order valence-corrected chi connectivity index (χ0v) is 15.1. The fourth-order valence-corrected chi connectivity index (χ4v) is 3.93. The van der Waals surface area contributed by atoms with Gasteiger partial charge in [-0.2, -0.15) is 0 Å². The SMILES string of the molecule is O=C(C[C@H]1CC[C@@H](c2ccc3c(c2)OC(F)(F)O3)CC1)Nc1ccc(F)cc1. The first kappa shape index (κ1) is 18.7. The first-order valence-corrected chi connectivity index (χ1v) is 9.33. The minimum Gasteiger partial charge on any atom is -0.395 e. The molecule has 0 aromatic heterocycles. The van der Waals surface area contributed by atoms with Crippen LogP contribution in [0.2, 0.25) is 0 Å². The number of carbonyl (C=O) groups is 1. The van der Waals surface area contributed by atoms with Crippen LogP contribution in [0.3, 0.4) is 0 Å². The molecule has 0 unspecified atom stereocenters. The van der Waals surface area contributed by atoms with E-state index in [0.717, 1.165) is 31.2 Å². The molecule has 4 rings (SSSR count). The summed E-state index contributed by atoms with van der Waals surface area (Å²) in [6.45, 7) is 0. The maximum Gasteiger partial charge on any atom is 0.586 e. The summed E-state index contributed by atoms with van der Waals surface area (Å²) >= 11 is 0. The van der Waals surface area contributed by atoms with Crippen LogP contribution in [0.4, 0.5) is 18.9 Å². The Morgan fingerprint density at radius 3 is 2.39 bits per heavy atom. The smallest absolute Gasteiger partial charge is 0.395 e. The standard InChI is InChI=1S/C21H20F3NO3/c22-16-6-8-17(9-7-16)25-20(26)11-13-1-3-14(4-2-13)15-5-10-18-19(12-15)28-21(23,24)27-18/h5-10,12-14H,1-4,11H2,(H,25,26)/t13-,14+. The van der Waals surface area contributed by atoms with Gasteiger partial charge < -0.3 is 14.8 Å². The fraction of sp³-hybridized carbons (Fsp3) is 0.381. The number of hydrogen-bond acceptors (Lipinski definition) is 3. The molecule has 1 aliphatic carbocycles. The summed E-state index contributed by atoms with van der Waals surface area (Å²) in [6, 6.07) is 10.6. The molecule has 148 valence electrons. The lowest BCUT2D eigenvalue weighted by Gasteiger charge is -2.28. The highest BCUT2D eigenvalue weighted by molar-refractivity contribution is 5.90. The van der Waals surface area contributed by atoms with Crippen molar-refractivity contribution in [2.24, 2.45) is 5.92 Å². The summed E-state index contributed by atoms with van der Waals surface area (Å²) in [7, 11) is 0. The van der Waals surface area contributed by atoms with Gasteiger partial charge in [0.1, 0.15) is 5.82 Å². The van der Waals surface area contributed by atoms with Crippen LogP contribution in [0.15, 0.2) is 42.5 Å². The van der Waals surface area contributed by atoms with Gasteiger partial charge in [0, 0.05) is 12.1 Å². The van der Waals surface area contributed by atoms with Crippen molar-refractivity contribution < 1.29 is 27.4 Å². The monoisotopic (exact) mass is 391 g/mol. The number of ether oxygens (including phenoxy) is 2. The van der Waals surface area contributed by atoms with Crippen LogP contribution in [-0.2, 0) is 4.79 Å². The average Bonchev–Trinajstić information content (AvgIpc) is 2.97. The summed E-state index contributed by atoms with van der Waals surface area (Å²) in [5, 5.41) is 2.79.